The fourth-order valence-electron chi connectivity index (χ4n) is 1.10. The van der Waals surface area contributed by atoms with Gasteiger partial charge >= 0.3 is 0 Å². The van der Waals surface area contributed by atoms with E-state index in [1.807, 2.05) is 0 Å². The van der Waals surface area contributed by atoms with Gasteiger partial charge in [0.1, 0.15) is 11.9 Å². The van der Waals surface area contributed by atoms with Crippen molar-refractivity contribution in [1.82, 2.24) is 5.32 Å². The Balaban J connectivity index is 2.38. The highest BCUT2D eigenvalue weighted by Crippen LogP contribution is 2.14. The lowest BCUT2D eigenvalue weighted by molar-refractivity contribution is -0.125. The van der Waals surface area contributed by atoms with Gasteiger partial charge in [0.15, 0.2) is 0 Å². The number of amides is 1. The molecule has 15 heavy (non-hydrogen) atoms. The van der Waals surface area contributed by atoms with Gasteiger partial charge in [0, 0.05) is 18.7 Å². The van der Waals surface area contributed by atoms with Gasteiger partial charge in [0.2, 0.25) is 5.91 Å². The molecule has 0 fully saturated rings. The van der Waals surface area contributed by atoms with E-state index in [4.69, 9.17) is 10.8 Å². The number of phenolic OH excluding ortho intramolecular Hbond substituents is 1. The molecule has 1 aromatic rings. The zero-order valence-electron chi connectivity index (χ0n) is 8.18. The number of aliphatic hydroxyl groups excluding tert-OH is 1. The summed E-state index contributed by atoms with van der Waals surface area (Å²) in [5, 5.41) is 21.3. The van der Waals surface area contributed by atoms with Crippen molar-refractivity contribution in [3.63, 3.8) is 0 Å². The van der Waals surface area contributed by atoms with Crippen molar-refractivity contribution in [2.24, 2.45) is 5.73 Å². The molecule has 1 aromatic carbocycles. The van der Waals surface area contributed by atoms with Crippen LogP contribution >= 0.6 is 0 Å². The van der Waals surface area contributed by atoms with Crippen LogP contribution in [0.3, 0.4) is 0 Å². The summed E-state index contributed by atoms with van der Waals surface area (Å²) >= 11 is 0. The maximum absolute atomic E-state index is 10.5. The van der Waals surface area contributed by atoms with Gasteiger partial charge in [0.25, 0.3) is 0 Å². The smallest absolute Gasteiger partial charge is 0.247 e. The van der Waals surface area contributed by atoms with E-state index in [1.54, 1.807) is 24.3 Å². The number of hydrogen-bond acceptors (Lipinski definition) is 4. The number of para-hydroxylation sites is 1. The van der Waals surface area contributed by atoms with Crippen LogP contribution in [0.15, 0.2) is 24.3 Å². The Morgan fingerprint density at radius 2 is 2.13 bits per heavy atom. The molecule has 0 saturated carbocycles. The van der Waals surface area contributed by atoms with Gasteiger partial charge in [-0.3, -0.25) is 4.79 Å². The number of primary amides is 1. The minimum absolute atomic E-state index is 0.0731. The molecule has 5 N–H and O–H groups in total. The van der Waals surface area contributed by atoms with E-state index < -0.39 is 12.0 Å². The number of nitrogens with two attached hydrogens (primary N) is 1. The summed E-state index contributed by atoms with van der Waals surface area (Å²) < 4.78 is 0. The molecular weight excluding hydrogens is 196 g/mol. The lowest BCUT2D eigenvalue weighted by atomic mass is 10.2. The molecule has 0 radical (unpaired) electrons. The second kappa shape index (κ2) is 5.33. The van der Waals surface area contributed by atoms with Crippen molar-refractivity contribution in [2.75, 3.05) is 6.54 Å². The standard InChI is InChI=1S/C10H14N2O3/c11-10(15)9(14)6-12-5-7-3-1-2-4-8(7)13/h1-4,9,12-14H,5-6H2,(H2,11,15). The van der Waals surface area contributed by atoms with Gasteiger partial charge in [-0.05, 0) is 6.07 Å². The number of hydrogen-bond donors (Lipinski definition) is 4. The van der Waals surface area contributed by atoms with Crippen molar-refractivity contribution in [1.29, 1.82) is 0 Å². The molecule has 0 aliphatic rings. The Morgan fingerprint density at radius 1 is 1.47 bits per heavy atom. The van der Waals surface area contributed by atoms with Gasteiger partial charge in [-0.1, -0.05) is 18.2 Å². The summed E-state index contributed by atoms with van der Waals surface area (Å²) in [6.07, 6.45) is -1.20. The van der Waals surface area contributed by atoms with Gasteiger partial charge in [-0.25, -0.2) is 0 Å². The average molecular weight is 210 g/mol. The lowest BCUT2D eigenvalue weighted by Crippen LogP contribution is -2.37. The number of phenols is 1. The van der Waals surface area contributed by atoms with E-state index in [0.29, 0.717) is 12.1 Å². The lowest BCUT2D eigenvalue weighted by Gasteiger charge is -2.09. The third-order valence-electron chi connectivity index (χ3n) is 1.97. The first-order chi connectivity index (χ1) is 7.11. The van der Waals surface area contributed by atoms with Crippen LogP contribution in [-0.4, -0.2) is 28.8 Å². The van der Waals surface area contributed by atoms with E-state index in [0.717, 1.165) is 0 Å². The highest BCUT2D eigenvalue weighted by molar-refractivity contribution is 5.78. The molecule has 1 amide bonds. The first-order valence-corrected chi connectivity index (χ1v) is 4.56. The van der Waals surface area contributed by atoms with E-state index in [2.05, 4.69) is 5.32 Å². The van der Waals surface area contributed by atoms with Crippen LogP contribution in [0, 0.1) is 0 Å². The average Bonchev–Trinajstić information content (AvgIpc) is 2.20. The number of carbonyl (C=O) groups excluding carboxylic acids is 1. The number of rotatable bonds is 5. The predicted molar refractivity (Wildman–Crippen MR) is 55.0 cm³/mol. The van der Waals surface area contributed by atoms with Crippen LogP contribution in [0.5, 0.6) is 5.75 Å². The van der Waals surface area contributed by atoms with Gasteiger partial charge < -0.3 is 21.3 Å². The molecule has 5 nitrogen and oxygen atoms in total. The Labute approximate surface area is 87.5 Å². The second-order valence-corrected chi connectivity index (χ2v) is 3.18. The first-order valence-electron chi connectivity index (χ1n) is 4.56. The van der Waals surface area contributed by atoms with Crippen molar-refractivity contribution in [3.8, 4) is 5.75 Å². The number of carbonyl (C=O) groups is 1. The molecule has 5 heteroatoms. The molecule has 0 bridgehead atoms. The van der Waals surface area contributed by atoms with Crippen LogP contribution in [0.4, 0.5) is 0 Å². The van der Waals surface area contributed by atoms with E-state index in [-0.39, 0.29) is 12.3 Å². The first kappa shape index (κ1) is 11.5. The molecular formula is C10H14N2O3. The van der Waals surface area contributed by atoms with Crippen molar-refractivity contribution >= 4 is 5.91 Å². The number of aliphatic hydroxyl groups is 1. The molecule has 0 spiro atoms. The molecule has 0 aromatic heterocycles. The van der Waals surface area contributed by atoms with E-state index in [9.17, 15) is 9.90 Å². The van der Waals surface area contributed by atoms with Gasteiger partial charge in [-0.15, -0.1) is 0 Å². The Kier molecular flexibility index (Phi) is 4.08. The SMILES string of the molecule is NC(=O)C(O)CNCc1ccccc1O. The maximum Gasteiger partial charge on any atom is 0.247 e. The minimum Gasteiger partial charge on any atom is -0.508 e. The minimum atomic E-state index is -1.20. The van der Waals surface area contributed by atoms with Crippen LogP contribution in [0.1, 0.15) is 5.56 Å². The third-order valence-corrected chi connectivity index (χ3v) is 1.97. The Morgan fingerprint density at radius 3 is 2.73 bits per heavy atom. The molecule has 0 aliphatic heterocycles. The summed E-state index contributed by atoms with van der Waals surface area (Å²) in [6.45, 7) is 0.445. The normalized spacial score (nSPS) is 12.3. The molecule has 0 saturated heterocycles. The highest BCUT2D eigenvalue weighted by Gasteiger charge is 2.09. The fraction of sp³-hybridized carbons (Fsp3) is 0.300. The molecule has 1 atom stereocenters. The van der Waals surface area contributed by atoms with Crippen molar-refractivity contribution in [2.45, 2.75) is 12.6 Å². The largest absolute Gasteiger partial charge is 0.508 e. The van der Waals surface area contributed by atoms with E-state index >= 15 is 0 Å². The molecule has 0 aliphatic carbocycles. The van der Waals surface area contributed by atoms with E-state index in [1.165, 1.54) is 0 Å². The van der Waals surface area contributed by atoms with Crippen molar-refractivity contribution in [3.05, 3.63) is 29.8 Å². The summed E-state index contributed by atoms with van der Waals surface area (Å²) in [6, 6.07) is 6.83. The monoisotopic (exact) mass is 210 g/mol. The van der Waals surface area contributed by atoms with Crippen LogP contribution in [-0.2, 0) is 11.3 Å². The fourth-order valence-corrected chi connectivity index (χ4v) is 1.10. The predicted octanol–water partition coefficient (Wildman–Crippen LogP) is -0.672. The Hall–Kier alpha value is -1.59. The molecule has 1 rings (SSSR count). The Bertz CT molecular complexity index is 341. The molecule has 82 valence electrons. The number of nitrogens with one attached hydrogen (secondary N) is 1. The number of aromatic hydroxyl groups is 1. The van der Waals surface area contributed by atoms with Crippen LogP contribution < -0.4 is 11.1 Å². The highest BCUT2D eigenvalue weighted by atomic mass is 16.3. The third kappa shape index (κ3) is 3.57. The molecule has 0 heterocycles. The topological polar surface area (TPSA) is 95.6 Å². The van der Waals surface area contributed by atoms with Gasteiger partial charge in [-0.2, -0.15) is 0 Å². The number of benzene rings is 1. The zero-order chi connectivity index (χ0) is 11.3. The molecule has 1 unspecified atom stereocenters. The van der Waals surface area contributed by atoms with Crippen molar-refractivity contribution < 1.29 is 15.0 Å². The van der Waals surface area contributed by atoms with Gasteiger partial charge in [0.05, 0.1) is 0 Å². The summed E-state index contributed by atoms with van der Waals surface area (Å²) in [5.74, 6) is -0.585. The zero-order valence-corrected chi connectivity index (χ0v) is 8.18. The summed E-state index contributed by atoms with van der Waals surface area (Å²) in [7, 11) is 0. The van der Waals surface area contributed by atoms with Crippen LogP contribution in [0.2, 0.25) is 0 Å². The summed E-state index contributed by atoms with van der Waals surface area (Å²) in [5.41, 5.74) is 5.57. The maximum atomic E-state index is 10.5. The summed E-state index contributed by atoms with van der Waals surface area (Å²) in [4.78, 5) is 10.5. The quantitative estimate of drug-likeness (QED) is 0.518. The second-order valence-electron chi connectivity index (χ2n) is 3.18. The van der Waals surface area contributed by atoms with Crippen LogP contribution in [0.25, 0.3) is 0 Å².